The van der Waals surface area contributed by atoms with Crippen molar-refractivity contribution in [2.45, 2.75) is 46.1 Å². The van der Waals surface area contributed by atoms with Crippen molar-refractivity contribution in [3.8, 4) is 12.8 Å². The standard InChI is InChI=1S/C13H25NO2.C2H2/c1-4-5-8-14-10-13(16)9-11(2)6-7-12(3)15;1-2/h6-7,13-16H,4-5,8-10H2,1-3H3;1-2H/b11-6+,12-7+;. The molecule has 18 heavy (non-hydrogen) atoms. The summed E-state index contributed by atoms with van der Waals surface area (Å²) < 4.78 is 0. The van der Waals surface area contributed by atoms with E-state index in [0.29, 0.717) is 13.0 Å². The zero-order valence-corrected chi connectivity index (χ0v) is 11.8. The molecule has 0 saturated heterocycles. The minimum atomic E-state index is -0.347. The Kier molecular flexibility index (Phi) is 14.7. The number of unbranched alkanes of at least 4 members (excludes halogenated alkanes) is 1. The third-order valence-electron chi connectivity index (χ3n) is 2.25. The summed E-state index contributed by atoms with van der Waals surface area (Å²) in [7, 11) is 0. The van der Waals surface area contributed by atoms with Gasteiger partial charge in [-0.25, -0.2) is 0 Å². The van der Waals surface area contributed by atoms with Gasteiger partial charge >= 0.3 is 0 Å². The zero-order valence-electron chi connectivity index (χ0n) is 11.8. The van der Waals surface area contributed by atoms with Crippen molar-refractivity contribution in [2.24, 2.45) is 0 Å². The largest absolute Gasteiger partial charge is 0.513 e. The first kappa shape index (κ1) is 19.1. The van der Waals surface area contributed by atoms with Crippen LogP contribution in [0.1, 0.15) is 40.0 Å². The molecule has 0 amide bonds. The van der Waals surface area contributed by atoms with Crippen molar-refractivity contribution < 1.29 is 10.2 Å². The lowest BCUT2D eigenvalue weighted by atomic mass is 10.1. The summed E-state index contributed by atoms with van der Waals surface area (Å²) in [6.45, 7) is 7.33. The molecule has 0 saturated carbocycles. The van der Waals surface area contributed by atoms with E-state index >= 15 is 0 Å². The minimum absolute atomic E-state index is 0.287. The number of hydrogen-bond acceptors (Lipinski definition) is 3. The Hall–Kier alpha value is -1.24. The molecule has 0 spiro atoms. The number of allylic oxidation sites excluding steroid dienone is 3. The van der Waals surface area contributed by atoms with Gasteiger partial charge in [0.05, 0.1) is 11.9 Å². The third-order valence-corrected chi connectivity index (χ3v) is 2.25. The molecule has 0 aromatic heterocycles. The zero-order chi connectivity index (χ0) is 14.4. The van der Waals surface area contributed by atoms with Gasteiger partial charge in [0, 0.05) is 6.54 Å². The van der Waals surface area contributed by atoms with E-state index in [2.05, 4.69) is 25.1 Å². The maximum Gasteiger partial charge on any atom is 0.0891 e. The first-order valence-electron chi connectivity index (χ1n) is 6.31. The number of rotatable bonds is 8. The fourth-order valence-corrected chi connectivity index (χ4v) is 1.35. The molecule has 104 valence electrons. The smallest absolute Gasteiger partial charge is 0.0891 e. The molecule has 1 atom stereocenters. The Balaban J connectivity index is 0. The normalized spacial score (nSPS) is 13.7. The maximum absolute atomic E-state index is 9.70. The molecular weight excluding hydrogens is 226 g/mol. The third kappa shape index (κ3) is 14.8. The van der Waals surface area contributed by atoms with Gasteiger partial charge in [-0.1, -0.05) is 25.0 Å². The van der Waals surface area contributed by atoms with Crippen LogP contribution in [0, 0.1) is 12.8 Å². The highest BCUT2D eigenvalue weighted by atomic mass is 16.3. The minimum Gasteiger partial charge on any atom is -0.513 e. The van der Waals surface area contributed by atoms with E-state index in [1.807, 2.05) is 13.0 Å². The highest BCUT2D eigenvalue weighted by molar-refractivity contribution is 5.12. The Morgan fingerprint density at radius 1 is 1.28 bits per heavy atom. The summed E-state index contributed by atoms with van der Waals surface area (Å²) in [6.07, 6.45) is 14.1. The molecule has 0 aliphatic heterocycles. The van der Waals surface area contributed by atoms with Crippen LogP contribution in [-0.4, -0.2) is 29.4 Å². The van der Waals surface area contributed by atoms with Crippen LogP contribution >= 0.6 is 0 Å². The van der Waals surface area contributed by atoms with E-state index in [1.165, 1.54) is 6.42 Å². The first-order valence-corrected chi connectivity index (χ1v) is 6.31. The van der Waals surface area contributed by atoms with Gasteiger partial charge in [0.25, 0.3) is 0 Å². The van der Waals surface area contributed by atoms with E-state index in [-0.39, 0.29) is 11.9 Å². The van der Waals surface area contributed by atoms with Crippen LogP contribution < -0.4 is 5.32 Å². The molecule has 3 nitrogen and oxygen atoms in total. The van der Waals surface area contributed by atoms with Gasteiger partial charge in [0.2, 0.25) is 0 Å². The molecule has 0 radical (unpaired) electrons. The van der Waals surface area contributed by atoms with Gasteiger partial charge in [-0.05, 0) is 39.3 Å². The number of hydrogen-bond donors (Lipinski definition) is 3. The Morgan fingerprint density at radius 2 is 1.89 bits per heavy atom. The van der Waals surface area contributed by atoms with Crippen molar-refractivity contribution >= 4 is 0 Å². The summed E-state index contributed by atoms with van der Waals surface area (Å²) in [6, 6.07) is 0. The molecule has 0 bridgehead atoms. The van der Waals surface area contributed by atoms with Gasteiger partial charge in [0.1, 0.15) is 0 Å². The van der Waals surface area contributed by atoms with Crippen molar-refractivity contribution in [1.29, 1.82) is 0 Å². The van der Waals surface area contributed by atoms with E-state index in [9.17, 15) is 5.11 Å². The molecule has 3 heteroatoms. The summed E-state index contributed by atoms with van der Waals surface area (Å²) in [5.41, 5.74) is 1.07. The van der Waals surface area contributed by atoms with Crippen LogP contribution in [0.4, 0.5) is 0 Å². The van der Waals surface area contributed by atoms with Crippen molar-refractivity contribution in [3.63, 3.8) is 0 Å². The van der Waals surface area contributed by atoms with Gasteiger partial charge in [-0.3, -0.25) is 0 Å². The molecule has 1 unspecified atom stereocenters. The molecule has 0 aromatic carbocycles. The van der Waals surface area contributed by atoms with E-state index in [4.69, 9.17) is 5.11 Å². The molecule has 0 aliphatic rings. The van der Waals surface area contributed by atoms with Crippen LogP contribution in [0.15, 0.2) is 23.5 Å². The van der Waals surface area contributed by atoms with Crippen molar-refractivity contribution in [2.75, 3.05) is 13.1 Å². The highest BCUT2D eigenvalue weighted by Gasteiger charge is 2.03. The molecular formula is C15H27NO2. The van der Waals surface area contributed by atoms with Crippen LogP contribution in [0.25, 0.3) is 0 Å². The quantitative estimate of drug-likeness (QED) is 0.270. The molecule has 0 rings (SSSR count). The second kappa shape index (κ2) is 13.8. The Labute approximate surface area is 112 Å². The average Bonchev–Trinajstić information content (AvgIpc) is 2.34. The molecule has 3 N–H and O–H groups in total. The van der Waals surface area contributed by atoms with Gasteiger partial charge < -0.3 is 15.5 Å². The predicted octanol–water partition coefficient (Wildman–Crippen LogP) is 2.78. The van der Waals surface area contributed by atoms with Crippen LogP contribution in [-0.2, 0) is 0 Å². The van der Waals surface area contributed by atoms with Crippen LogP contribution in [0.5, 0.6) is 0 Å². The fourth-order valence-electron chi connectivity index (χ4n) is 1.35. The molecule has 0 aromatic rings. The maximum atomic E-state index is 9.70. The molecule has 0 heterocycles. The Bertz CT molecular complexity index is 263. The van der Waals surface area contributed by atoms with E-state index in [0.717, 1.165) is 18.5 Å². The number of nitrogens with one attached hydrogen (secondary N) is 1. The first-order chi connectivity index (χ1) is 8.56. The van der Waals surface area contributed by atoms with Gasteiger partial charge in [0.15, 0.2) is 0 Å². The Morgan fingerprint density at radius 3 is 2.39 bits per heavy atom. The lowest BCUT2D eigenvalue weighted by Gasteiger charge is -2.11. The number of aliphatic hydroxyl groups excluding tert-OH is 2. The van der Waals surface area contributed by atoms with Gasteiger partial charge in [-0.15, -0.1) is 12.8 Å². The monoisotopic (exact) mass is 253 g/mol. The lowest BCUT2D eigenvalue weighted by Crippen LogP contribution is -2.27. The van der Waals surface area contributed by atoms with Gasteiger partial charge in [-0.2, -0.15) is 0 Å². The summed E-state index contributed by atoms with van der Waals surface area (Å²) >= 11 is 0. The average molecular weight is 253 g/mol. The lowest BCUT2D eigenvalue weighted by molar-refractivity contribution is 0.172. The van der Waals surface area contributed by atoms with Crippen molar-refractivity contribution in [1.82, 2.24) is 5.32 Å². The second-order valence-corrected chi connectivity index (χ2v) is 4.24. The van der Waals surface area contributed by atoms with E-state index in [1.54, 1.807) is 13.0 Å². The summed E-state index contributed by atoms with van der Waals surface area (Å²) in [5, 5.41) is 21.9. The van der Waals surface area contributed by atoms with Crippen molar-refractivity contribution in [3.05, 3.63) is 23.5 Å². The predicted molar refractivity (Wildman–Crippen MR) is 78.4 cm³/mol. The number of aliphatic hydroxyl groups is 2. The molecule has 0 fully saturated rings. The summed E-state index contributed by atoms with van der Waals surface area (Å²) in [5.74, 6) is 0.287. The fraction of sp³-hybridized carbons (Fsp3) is 0.600. The van der Waals surface area contributed by atoms with E-state index < -0.39 is 0 Å². The van der Waals surface area contributed by atoms with Crippen LogP contribution in [0.3, 0.4) is 0 Å². The number of terminal acetylenes is 1. The second-order valence-electron chi connectivity index (χ2n) is 4.24. The SMILES string of the molecule is C#C.CCCCNCC(O)C/C(C)=C/C=C(\C)O. The van der Waals surface area contributed by atoms with Crippen LogP contribution in [0.2, 0.25) is 0 Å². The topological polar surface area (TPSA) is 52.5 Å². The molecule has 0 aliphatic carbocycles. The highest BCUT2D eigenvalue weighted by Crippen LogP contribution is 2.05. The summed E-state index contributed by atoms with van der Waals surface area (Å²) in [4.78, 5) is 0.